The lowest BCUT2D eigenvalue weighted by Gasteiger charge is -2.20. The van der Waals surface area contributed by atoms with Gasteiger partial charge in [-0.1, -0.05) is 38.4 Å². The van der Waals surface area contributed by atoms with Crippen LogP contribution in [0, 0.1) is 17.8 Å². The molecule has 9 nitrogen and oxygen atoms in total. The fourth-order valence-electron chi connectivity index (χ4n) is 4.13. The maximum atomic E-state index is 13.8. The summed E-state index contributed by atoms with van der Waals surface area (Å²) in [5.74, 6) is 6.19. The predicted molar refractivity (Wildman–Crippen MR) is 149 cm³/mol. The fraction of sp³-hybridized carbons (Fsp3) is 0.519. The molecule has 0 spiro atoms. The minimum Gasteiger partial charge on any atom is -0.396 e. The van der Waals surface area contributed by atoms with Crippen LogP contribution in [0.2, 0.25) is 25.7 Å². The Hall–Kier alpha value is -2.81. The average molecular weight is 526 g/mol. The molecular formula is C27H39N5O4Si. The SMILES string of the molecule is CCc1c(C#CC(CO)CCO)c(=O)c2c(CCN)ccnc2n1-c1nccn1COCC[Si](C)(C)C. The van der Waals surface area contributed by atoms with E-state index in [2.05, 4.69) is 41.4 Å². The summed E-state index contributed by atoms with van der Waals surface area (Å²) in [5, 5.41) is 19.4. The van der Waals surface area contributed by atoms with E-state index in [4.69, 9.17) is 10.5 Å². The van der Waals surface area contributed by atoms with Gasteiger partial charge >= 0.3 is 0 Å². The zero-order chi connectivity index (χ0) is 27.0. The molecular weight excluding hydrogens is 486 g/mol. The van der Waals surface area contributed by atoms with Gasteiger partial charge in [0.2, 0.25) is 11.4 Å². The van der Waals surface area contributed by atoms with E-state index >= 15 is 0 Å². The first-order chi connectivity index (χ1) is 17.8. The van der Waals surface area contributed by atoms with Crippen LogP contribution in [0.4, 0.5) is 0 Å². The summed E-state index contributed by atoms with van der Waals surface area (Å²) in [6.45, 7) is 9.98. The van der Waals surface area contributed by atoms with Gasteiger partial charge in [0.1, 0.15) is 6.73 Å². The van der Waals surface area contributed by atoms with E-state index in [1.165, 1.54) is 0 Å². The molecule has 3 aromatic rings. The zero-order valence-corrected chi connectivity index (χ0v) is 23.3. The Kier molecular flexibility index (Phi) is 10.2. The third-order valence-electron chi connectivity index (χ3n) is 6.21. The van der Waals surface area contributed by atoms with Crippen molar-refractivity contribution >= 4 is 19.1 Å². The van der Waals surface area contributed by atoms with Gasteiger partial charge in [-0.2, -0.15) is 0 Å². The number of fused-ring (bicyclic) bond motifs is 1. The summed E-state index contributed by atoms with van der Waals surface area (Å²) in [6, 6.07) is 2.87. The number of ether oxygens (including phenoxy) is 1. The summed E-state index contributed by atoms with van der Waals surface area (Å²) in [6.07, 6.45) is 6.60. The molecule has 0 radical (unpaired) electrons. The Labute approximate surface area is 219 Å². The van der Waals surface area contributed by atoms with Gasteiger partial charge in [-0.05, 0) is 43.5 Å². The minimum atomic E-state index is -1.22. The maximum absolute atomic E-state index is 13.8. The van der Waals surface area contributed by atoms with Crippen LogP contribution in [-0.2, 0) is 24.3 Å². The first-order valence-corrected chi connectivity index (χ1v) is 16.5. The molecule has 0 saturated heterocycles. The lowest BCUT2D eigenvalue weighted by molar-refractivity contribution is 0.0870. The van der Waals surface area contributed by atoms with Gasteiger partial charge in [0.05, 0.1) is 17.6 Å². The smallest absolute Gasteiger partial charge is 0.217 e. The molecule has 0 bridgehead atoms. The molecule has 0 saturated carbocycles. The predicted octanol–water partition coefficient (Wildman–Crippen LogP) is 2.30. The molecule has 37 heavy (non-hydrogen) atoms. The van der Waals surface area contributed by atoms with E-state index in [0.717, 1.165) is 11.6 Å². The molecule has 1 atom stereocenters. The third-order valence-corrected chi connectivity index (χ3v) is 7.91. The lowest BCUT2D eigenvalue weighted by Crippen LogP contribution is -2.24. The number of aromatic nitrogens is 4. The highest BCUT2D eigenvalue weighted by molar-refractivity contribution is 6.76. The van der Waals surface area contributed by atoms with E-state index in [1.807, 2.05) is 28.3 Å². The van der Waals surface area contributed by atoms with Crippen molar-refractivity contribution in [3.8, 4) is 17.8 Å². The molecule has 0 fully saturated rings. The molecule has 3 heterocycles. The van der Waals surface area contributed by atoms with Gasteiger partial charge in [0.15, 0.2) is 5.65 Å². The second-order valence-corrected chi connectivity index (χ2v) is 15.9. The number of aliphatic hydroxyl groups excluding tert-OH is 2. The van der Waals surface area contributed by atoms with Crippen molar-refractivity contribution < 1.29 is 14.9 Å². The molecule has 1 unspecified atom stereocenters. The van der Waals surface area contributed by atoms with Crippen LogP contribution in [-0.4, -0.2) is 63.8 Å². The second kappa shape index (κ2) is 13.1. The standard InChI is InChI=1S/C27H39N5O4Si/c1-5-23-22(7-6-20(18-34)10-15-33)25(35)24-21(8-11-28)9-12-29-26(24)32(23)27-30-13-14-31(27)19-36-16-17-37(2,3)4/h9,12-14,20,33-34H,5,8,10-11,15-19,28H2,1-4H3. The van der Waals surface area contributed by atoms with Gasteiger partial charge < -0.3 is 20.7 Å². The van der Waals surface area contributed by atoms with E-state index in [0.29, 0.717) is 67.4 Å². The van der Waals surface area contributed by atoms with Crippen LogP contribution in [0.5, 0.6) is 0 Å². The Balaban J connectivity index is 2.23. The van der Waals surface area contributed by atoms with E-state index in [1.54, 1.807) is 12.4 Å². The number of nitrogens with two attached hydrogens (primary N) is 1. The summed E-state index contributed by atoms with van der Waals surface area (Å²) < 4.78 is 9.80. The third kappa shape index (κ3) is 6.94. The molecule has 0 aromatic carbocycles. The molecule has 0 aliphatic carbocycles. The first-order valence-electron chi connectivity index (χ1n) is 12.8. The van der Waals surface area contributed by atoms with Gasteiger partial charge in [0.25, 0.3) is 0 Å². The van der Waals surface area contributed by atoms with Gasteiger partial charge in [0, 0.05) is 51.5 Å². The summed E-state index contributed by atoms with van der Waals surface area (Å²) in [5.41, 5.74) is 7.97. The quantitative estimate of drug-likeness (QED) is 0.188. The fourth-order valence-corrected chi connectivity index (χ4v) is 4.89. The Morgan fingerprint density at radius 3 is 2.65 bits per heavy atom. The van der Waals surface area contributed by atoms with Crippen LogP contribution in [0.15, 0.2) is 29.5 Å². The van der Waals surface area contributed by atoms with Crippen LogP contribution in [0.3, 0.4) is 0 Å². The van der Waals surface area contributed by atoms with Gasteiger partial charge in [-0.3, -0.25) is 13.9 Å². The minimum absolute atomic E-state index is 0.0950. The second-order valence-electron chi connectivity index (χ2n) is 10.3. The molecule has 200 valence electrons. The van der Waals surface area contributed by atoms with Crippen LogP contribution >= 0.6 is 0 Å². The van der Waals surface area contributed by atoms with Crippen molar-refractivity contribution in [2.45, 2.75) is 58.6 Å². The number of aliphatic hydroxyl groups is 2. The topological polar surface area (TPSA) is 128 Å². The van der Waals surface area contributed by atoms with Gasteiger partial charge in [-0.25, -0.2) is 9.97 Å². The largest absolute Gasteiger partial charge is 0.396 e. The lowest BCUT2D eigenvalue weighted by atomic mass is 10.0. The first kappa shape index (κ1) is 28.8. The molecule has 0 aliphatic heterocycles. The number of pyridine rings is 2. The summed E-state index contributed by atoms with van der Waals surface area (Å²) >= 11 is 0. The van der Waals surface area contributed by atoms with Crippen molar-refractivity contribution in [3.05, 3.63) is 51.7 Å². The van der Waals surface area contributed by atoms with Crippen molar-refractivity contribution in [2.75, 3.05) is 26.4 Å². The normalized spacial score (nSPS) is 12.5. The number of hydrogen-bond donors (Lipinski definition) is 3. The van der Waals surface area contributed by atoms with Crippen molar-refractivity contribution in [1.82, 2.24) is 19.1 Å². The van der Waals surface area contributed by atoms with E-state index < -0.39 is 14.0 Å². The van der Waals surface area contributed by atoms with E-state index in [-0.39, 0.29) is 18.6 Å². The molecule has 10 heteroatoms. The summed E-state index contributed by atoms with van der Waals surface area (Å²) in [7, 11) is -1.22. The van der Waals surface area contributed by atoms with Crippen LogP contribution in [0.25, 0.3) is 17.0 Å². The number of imidazole rings is 1. The maximum Gasteiger partial charge on any atom is 0.217 e. The van der Waals surface area contributed by atoms with E-state index in [9.17, 15) is 15.0 Å². The molecule has 4 N–H and O–H groups in total. The van der Waals surface area contributed by atoms with Crippen molar-refractivity contribution in [2.24, 2.45) is 11.7 Å². The molecule has 0 amide bonds. The number of rotatable bonds is 12. The Bertz CT molecular complexity index is 1320. The highest BCUT2D eigenvalue weighted by Gasteiger charge is 2.22. The van der Waals surface area contributed by atoms with Crippen molar-refractivity contribution in [1.29, 1.82) is 0 Å². The Morgan fingerprint density at radius 2 is 2.00 bits per heavy atom. The van der Waals surface area contributed by atoms with Gasteiger partial charge in [-0.15, -0.1) is 0 Å². The molecule has 3 rings (SSSR count). The molecule has 0 aliphatic rings. The monoisotopic (exact) mass is 525 g/mol. The number of nitrogens with zero attached hydrogens (tertiary/aromatic N) is 4. The van der Waals surface area contributed by atoms with Crippen molar-refractivity contribution in [3.63, 3.8) is 0 Å². The summed E-state index contributed by atoms with van der Waals surface area (Å²) in [4.78, 5) is 23.1. The number of hydrogen-bond acceptors (Lipinski definition) is 7. The highest BCUT2D eigenvalue weighted by Crippen LogP contribution is 2.23. The van der Waals surface area contributed by atoms with Crippen LogP contribution < -0.4 is 11.2 Å². The zero-order valence-electron chi connectivity index (χ0n) is 22.3. The van der Waals surface area contributed by atoms with Crippen LogP contribution in [0.1, 0.15) is 30.2 Å². The Morgan fingerprint density at radius 1 is 1.22 bits per heavy atom. The highest BCUT2D eigenvalue weighted by atomic mass is 28.3. The molecule has 3 aromatic heterocycles. The average Bonchev–Trinajstić information content (AvgIpc) is 3.32.